The van der Waals surface area contributed by atoms with E-state index in [2.05, 4.69) is 11.0 Å². The number of aliphatic imine (C=N–C) groups is 1. The average Bonchev–Trinajstić information content (AvgIpc) is 2.73. The molecular weight excluding hydrogens is 389 g/mol. The molecule has 7 heteroatoms. The highest BCUT2D eigenvalue weighted by Gasteiger charge is 2.24. The quantitative estimate of drug-likeness (QED) is 0.634. The lowest BCUT2D eigenvalue weighted by atomic mass is 10.1. The Morgan fingerprint density at radius 1 is 1.21 bits per heavy atom. The Bertz CT molecular complexity index is 1040. The molecule has 0 spiro atoms. The number of nitrogens with zero attached hydrogens (tertiary/aromatic N) is 3. The van der Waals surface area contributed by atoms with Crippen LogP contribution in [0.5, 0.6) is 5.75 Å². The minimum Gasteiger partial charge on any atom is -0.494 e. The average molecular weight is 412 g/mol. The van der Waals surface area contributed by atoms with Crippen LogP contribution < -0.4 is 4.74 Å². The van der Waals surface area contributed by atoms with E-state index in [1.54, 1.807) is 12.1 Å². The Morgan fingerprint density at radius 3 is 2.79 bits per heavy atom. The highest BCUT2D eigenvalue weighted by Crippen LogP contribution is 2.35. The number of benzene rings is 2. The second-order valence-corrected chi connectivity index (χ2v) is 7.67. The van der Waals surface area contributed by atoms with E-state index in [0.29, 0.717) is 31.8 Å². The molecule has 0 bridgehead atoms. The molecular formula is C22H22FN3O2S. The molecule has 2 aromatic carbocycles. The van der Waals surface area contributed by atoms with Gasteiger partial charge in [-0.2, -0.15) is 0 Å². The number of aliphatic hydroxyl groups excluding tert-OH is 1. The molecule has 1 aliphatic rings. The minimum absolute atomic E-state index is 0.117. The molecule has 1 aromatic heterocycles. The van der Waals surface area contributed by atoms with Gasteiger partial charge in [0.1, 0.15) is 16.6 Å². The van der Waals surface area contributed by atoms with Gasteiger partial charge in [-0.1, -0.05) is 0 Å². The predicted octanol–water partition coefficient (Wildman–Crippen LogP) is 4.75. The summed E-state index contributed by atoms with van der Waals surface area (Å²) in [5.41, 5.74) is 2.71. The van der Waals surface area contributed by atoms with Gasteiger partial charge in [-0.05, 0) is 73.6 Å². The van der Waals surface area contributed by atoms with Crippen molar-refractivity contribution in [1.29, 1.82) is 0 Å². The first-order valence-corrected chi connectivity index (χ1v) is 10.4. The van der Waals surface area contributed by atoms with Crippen LogP contribution in [0.15, 0.2) is 58.5 Å². The Labute approximate surface area is 173 Å². The number of halogens is 1. The summed E-state index contributed by atoms with van der Waals surface area (Å²) in [5, 5.41) is 12.0. The van der Waals surface area contributed by atoms with Gasteiger partial charge >= 0.3 is 0 Å². The summed E-state index contributed by atoms with van der Waals surface area (Å²) in [6.07, 6.45) is 0.647. The van der Waals surface area contributed by atoms with Gasteiger partial charge in [0.15, 0.2) is 5.17 Å². The van der Waals surface area contributed by atoms with Gasteiger partial charge in [0.25, 0.3) is 0 Å². The summed E-state index contributed by atoms with van der Waals surface area (Å²) in [5.74, 6) is 0.549. The Balaban J connectivity index is 1.70. The van der Waals surface area contributed by atoms with E-state index in [4.69, 9.17) is 14.7 Å². The van der Waals surface area contributed by atoms with Crippen LogP contribution in [0.25, 0.3) is 10.9 Å². The van der Waals surface area contributed by atoms with Crippen molar-refractivity contribution in [2.75, 3.05) is 19.8 Å². The van der Waals surface area contributed by atoms with Gasteiger partial charge < -0.3 is 14.7 Å². The van der Waals surface area contributed by atoms with Crippen LogP contribution in [-0.4, -0.2) is 39.9 Å². The fourth-order valence-corrected chi connectivity index (χ4v) is 4.23. The van der Waals surface area contributed by atoms with E-state index < -0.39 is 0 Å². The molecule has 0 radical (unpaired) electrons. The monoisotopic (exact) mass is 411 g/mol. The predicted molar refractivity (Wildman–Crippen MR) is 114 cm³/mol. The van der Waals surface area contributed by atoms with Crippen LogP contribution in [-0.2, 0) is 6.54 Å². The molecule has 4 rings (SSSR count). The minimum atomic E-state index is -0.285. The summed E-state index contributed by atoms with van der Waals surface area (Å²) in [6, 6.07) is 14.2. The third kappa shape index (κ3) is 4.52. The molecule has 0 atom stereocenters. The lowest BCUT2D eigenvalue weighted by Gasteiger charge is -2.30. The highest BCUT2D eigenvalue weighted by atomic mass is 32.2. The number of hydrogen-bond acceptors (Lipinski definition) is 5. The molecule has 5 nitrogen and oxygen atoms in total. The third-order valence-electron chi connectivity index (χ3n) is 4.59. The number of rotatable bonds is 6. The lowest BCUT2D eigenvalue weighted by molar-refractivity contribution is 0.265. The third-order valence-corrected chi connectivity index (χ3v) is 5.67. The molecule has 1 N–H and O–H groups in total. The van der Waals surface area contributed by atoms with E-state index in [1.807, 2.05) is 25.1 Å². The van der Waals surface area contributed by atoms with Crippen molar-refractivity contribution in [2.24, 2.45) is 4.99 Å². The summed E-state index contributed by atoms with van der Waals surface area (Å²) < 4.78 is 18.8. The van der Waals surface area contributed by atoms with Crippen molar-refractivity contribution >= 4 is 33.5 Å². The number of aliphatic hydroxyl groups is 1. The van der Waals surface area contributed by atoms with E-state index >= 15 is 0 Å². The molecule has 0 unspecified atom stereocenters. The molecule has 150 valence electrons. The molecule has 1 aliphatic heterocycles. The summed E-state index contributed by atoms with van der Waals surface area (Å²) in [6.45, 7) is 4.04. The summed E-state index contributed by atoms with van der Waals surface area (Å²) >= 11 is 1.50. The van der Waals surface area contributed by atoms with Gasteiger partial charge in [0, 0.05) is 30.6 Å². The van der Waals surface area contributed by atoms with E-state index in [-0.39, 0.29) is 12.4 Å². The number of aromatic nitrogens is 1. The van der Waals surface area contributed by atoms with Crippen molar-refractivity contribution in [3.05, 3.63) is 59.9 Å². The number of ether oxygens (including phenoxy) is 1. The van der Waals surface area contributed by atoms with Crippen LogP contribution in [0.4, 0.5) is 10.1 Å². The van der Waals surface area contributed by atoms with E-state index in [9.17, 15) is 9.50 Å². The molecule has 0 saturated carbocycles. The molecule has 2 heterocycles. The van der Waals surface area contributed by atoms with Crippen LogP contribution in [0.3, 0.4) is 0 Å². The number of fused-ring (bicyclic) bond motifs is 2. The second-order valence-electron chi connectivity index (χ2n) is 6.71. The fraction of sp³-hybridized carbons (Fsp3) is 0.273. The summed E-state index contributed by atoms with van der Waals surface area (Å²) in [7, 11) is 0. The molecule has 29 heavy (non-hydrogen) atoms. The normalized spacial score (nSPS) is 15.0. The highest BCUT2D eigenvalue weighted by molar-refractivity contribution is 8.13. The Kier molecular flexibility index (Phi) is 5.97. The van der Waals surface area contributed by atoms with Gasteiger partial charge in [-0.25, -0.2) is 14.4 Å². The van der Waals surface area contributed by atoms with Gasteiger partial charge in [0.05, 0.1) is 17.8 Å². The smallest absolute Gasteiger partial charge is 0.171 e. The maximum absolute atomic E-state index is 13.2. The SMILES string of the molecule is CCOc1ccc2nc3c(cc2c1)CN(CCCO)C(=Nc1ccc(F)cc1)S3. The van der Waals surface area contributed by atoms with Gasteiger partial charge in [0.2, 0.25) is 0 Å². The molecule has 0 saturated heterocycles. The maximum atomic E-state index is 13.2. The maximum Gasteiger partial charge on any atom is 0.171 e. The van der Waals surface area contributed by atoms with Crippen molar-refractivity contribution < 1.29 is 14.2 Å². The van der Waals surface area contributed by atoms with Gasteiger partial charge in [-0.3, -0.25) is 0 Å². The zero-order chi connectivity index (χ0) is 20.2. The zero-order valence-corrected chi connectivity index (χ0v) is 17.0. The van der Waals surface area contributed by atoms with Crippen molar-refractivity contribution in [2.45, 2.75) is 24.9 Å². The Hall–Kier alpha value is -2.64. The van der Waals surface area contributed by atoms with Crippen molar-refractivity contribution in [3.63, 3.8) is 0 Å². The largest absolute Gasteiger partial charge is 0.494 e. The second kappa shape index (κ2) is 8.80. The summed E-state index contributed by atoms with van der Waals surface area (Å²) in [4.78, 5) is 11.7. The fourth-order valence-electron chi connectivity index (χ4n) is 3.22. The Morgan fingerprint density at radius 2 is 2.03 bits per heavy atom. The topological polar surface area (TPSA) is 58.0 Å². The standard InChI is InChI=1S/C22H22FN3O2S/c1-2-28-19-8-9-20-15(13-19)12-16-14-26(10-3-11-27)22(29-21(16)25-20)24-18-6-4-17(23)5-7-18/h4-9,12-13,27H,2-3,10-11,14H2,1H3. The first-order chi connectivity index (χ1) is 14.2. The zero-order valence-electron chi connectivity index (χ0n) is 16.1. The lowest BCUT2D eigenvalue weighted by Crippen LogP contribution is -2.33. The van der Waals surface area contributed by atoms with Crippen LogP contribution in [0, 0.1) is 5.82 Å². The number of hydrogen-bond donors (Lipinski definition) is 1. The first kappa shape index (κ1) is 19.7. The number of amidine groups is 1. The van der Waals surface area contributed by atoms with Crippen LogP contribution in [0.2, 0.25) is 0 Å². The van der Waals surface area contributed by atoms with Crippen LogP contribution >= 0.6 is 11.8 Å². The molecule has 3 aromatic rings. The van der Waals surface area contributed by atoms with Crippen molar-refractivity contribution in [3.8, 4) is 5.75 Å². The molecule has 0 fully saturated rings. The van der Waals surface area contributed by atoms with Gasteiger partial charge in [-0.15, -0.1) is 0 Å². The van der Waals surface area contributed by atoms with E-state index in [0.717, 1.165) is 32.4 Å². The van der Waals surface area contributed by atoms with Crippen molar-refractivity contribution in [1.82, 2.24) is 9.88 Å². The molecule has 0 amide bonds. The molecule has 0 aliphatic carbocycles. The first-order valence-electron chi connectivity index (χ1n) is 9.60. The van der Waals surface area contributed by atoms with E-state index in [1.165, 1.54) is 23.9 Å². The van der Waals surface area contributed by atoms with Crippen LogP contribution in [0.1, 0.15) is 18.9 Å². The number of pyridine rings is 1. The number of thioether (sulfide) groups is 1.